The van der Waals surface area contributed by atoms with Crippen molar-refractivity contribution in [1.29, 1.82) is 0 Å². The van der Waals surface area contributed by atoms with E-state index in [0.717, 1.165) is 41.7 Å². The largest absolute Gasteiger partial charge is 0.497 e. The number of hydrogen-bond donors (Lipinski definition) is 2. The van der Waals surface area contributed by atoms with Crippen molar-refractivity contribution in [1.82, 2.24) is 15.3 Å². The Morgan fingerprint density at radius 1 is 1.28 bits per heavy atom. The average molecular weight is 341 g/mol. The molecule has 2 amide bonds. The van der Waals surface area contributed by atoms with E-state index in [1.165, 1.54) is 12.8 Å². The van der Waals surface area contributed by atoms with E-state index in [9.17, 15) is 4.79 Å². The zero-order chi connectivity index (χ0) is 17.6. The first-order valence-corrected chi connectivity index (χ1v) is 8.42. The van der Waals surface area contributed by atoms with Crippen molar-refractivity contribution in [3.63, 3.8) is 0 Å². The summed E-state index contributed by atoms with van der Waals surface area (Å²) in [6, 6.07) is 7.06. The lowest BCUT2D eigenvalue weighted by Gasteiger charge is -2.15. The van der Waals surface area contributed by atoms with Crippen molar-refractivity contribution >= 4 is 17.7 Å². The van der Waals surface area contributed by atoms with Gasteiger partial charge in [-0.2, -0.15) is 0 Å². The van der Waals surface area contributed by atoms with Crippen molar-refractivity contribution in [2.24, 2.45) is 0 Å². The van der Waals surface area contributed by atoms with Gasteiger partial charge in [0.2, 0.25) is 5.95 Å². The van der Waals surface area contributed by atoms with Gasteiger partial charge in [0.1, 0.15) is 5.75 Å². The Morgan fingerprint density at radius 2 is 2.08 bits per heavy atom. The predicted molar refractivity (Wildman–Crippen MR) is 97.1 cm³/mol. The van der Waals surface area contributed by atoms with Crippen molar-refractivity contribution < 1.29 is 9.53 Å². The molecule has 7 heteroatoms. The summed E-state index contributed by atoms with van der Waals surface area (Å²) < 4.78 is 5.17. The van der Waals surface area contributed by atoms with Crippen LogP contribution in [0.15, 0.2) is 30.5 Å². The Morgan fingerprint density at radius 3 is 2.80 bits per heavy atom. The van der Waals surface area contributed by atoms with E-state index >= 15 is 0 Å². The molecule has 0 bridgehead atoms. The first-order chi connectivity index (χ1) is 12.2. The third-order valence-corrected chi connectivity index (χ3v) is 4.20. The lowest BCUT2D eigenvalue weighted by atomic mass is 10.2. The molecule has 1 saturated heterocycles. The molecule has 132 valence electrons. The number of urea groups is 1. The standard InChI is InChI=1S/C18H23N5O2/c1-13-11-15(25-2)5-6-16(13)22-18(24)20-12-14-7-8-19-17(21-14)23-9-3-4-10-23/h5-8,11H,3-4,9-10,12H2,1-2H3,(H2,20,22,24). The molecule has 7 nitrogen and oxygen atoms in total. The highest BCUT2D eigenvalue weighted by molar-refractivity contribution is 5.90. The van der Waals surface area contributed by atoms with Crippen molar-refractivity contribution in [2.75, 3.05) is 30.4 Å². The van der Waals surface area contributed by atoms with E-state index in [2.05, 4.69) is 25.5 Å². The minimum Gasteiger partial charge on any atom is -0.497 e. The topological polar surface area (TPSA) is 79.4 Å². The van der Waals surface area contributed by atoms with E-state index in [-0.39, 0.29) is 6.03 Å². The van der Waals surface area contributed by atoms with Crippen LogP contribution in [0.3, 0.4) is 0 Å². The molecule has 1 aromatic heterocycles. The third kappa shape index (κ3) is 4.37. The molecule has 0 spiro atoms. The second kappa shape index (κ2) is 7.83. The summed E-state index contributed by atoms with van der Waals surface area (Å²) in [4.78, 5) is 23.1. The molecule has 2 N–H and O–H groups in total. The number of carbonyl (C=O) groups excluding carboxylic acids is 1. The first kappa shape index (κ1) is 17.0. The van der Waals surface area contributed by atoms with Gasteiger partial charge < -0.3 is 20.3 Å². The van der Waals surface area contributed by atoms with Crippen LogP contribution in [0.25, 0.3) is 0 Å². The van der Waals surface area contributed by atoms with Gasteiger partial charge in [0.05, 0.1) is 19.3 Å². The summed E-state index contributed by atoms with van der Waals surface area (Å²) in [5.41, 5.74) is 2.48. The Balaban J connectivity index is 1.56. The van der Waals surface area contributed by atoms with Crippen molar-refractivity contribution in [2.45, 2.75) is 26.3 Å². The van der Waals surface area contributed by atoms with Crippen LogP contribution >= 0.6 is 0 Å². The van der Waals surface area contributed by atoms with E-state index in [1.807, 2.05) is 31.2 Å². The van der Waals surface area contributed by atoms with Crippen LogP contribution < -0.4 is 20.3 Å². The van der Waals surface area contributed by atoms with Crippen molar-refractivity contribution in [3.05, 3.63) is 41.7 Å². The summed E-state index contributed by atoms with van der Waals surface area (Å²) in [6.45, 7) is 4.26. The molecule has 25 heavy (non-hydrogen) atoms. The molecule has 0 unspecified atom stereocenters. The maximum atomic E-state index is 12.1. The number of rotatable bonds is 5. The van der Waals surface area contributed by atoms with Crippen LogP contribution in [-0.2, 0) is 6.54 Å². The normalized spacial score (nSPS) is 13.6. The van der Waals surface area contributed by atoms with Crippen LogP contribution in [0, 0.1) is 6.92 Å². The quantitative estimate of drug-likeness (QED) is 0.874. The Labute approximate surface area is 147 Å². The molecule has 2 heterocycles. The predicted octanol–water partition coefficient (Wildman–Crippen LogP) is 2.72. The van der Waals surface area contributed by atoms with Gasteiger partial charge in [-0.25, -0.2) is 14.8 Å². The highest BCUT2D eigenvalue weighted by Crippen LogP contribution is 2.21. The Bertz CT molecular complexity index is 744. The van der Waals surface area contributed by atoms with Crippen molar-refractivity contribution in [3.8, 4) is 5.75 Å². The number of amides is 2. The number of carbonyl (C=O) groups is 1. The number of ether oxygens (including phenoxy) is 1. The molecule has 1 fully saturated rings. The molecule has 1 aliphatic heterocycles. The van der Waals surface area contributed by atoms with Gasteiger partial charge in [0.15, 0.2) is 0 Å². The zero-order valence-electron chi connectivity index (χ0n) is 14.6. The van der Waals surface area contributed by atoms with Gasteiger partial charge in [-0.1, -0.05) is 0 Å². The number of benzene rings is 1. The Kier molecular flexibility index (Phi) is 5.33. The molecule has 3 rings (SSSR count). The van der Waals surface area contributed by atoms with E-state index < -0.39 is 0 Å². The maximum Gasteiger partial charge on any atom is 0.319 e. The van der Waals surface area contributed by atoms with Gasteiger partial charge in [-0.05, 0) is 49.6 Å². The minimum absolute atomic E-state index is 0.269. The monoisotopic (exact) mass is 341 g/mol. The van der Waals surface area contributed by atoms with Gasteiger partial charge in [0.25, 0.3) is 0 Å². The SMILES string of the molecule is COc1ccc(NC(=O)NCc2ccnc(N3CCCC3)n2)c(C)c1. The Hall–Kier alpha value is -2.83. The summed E-state index contributed by atoms with van der Waals surface area (Å²) in [6.07, 6.45) is 4.09. The second-order valence-electron chi connectivity index (χ2n) is 6.03. The number of nitrogens with one attached hydrogen (secondary N) is 2. The first-order valence-electron chi connectivity index (χ1n) is 8.42. The van der Waals surface area contributed by atoms with Crippen LogP contribution in [0.2, 0.25) is 0 Å². The van der Waals surface area contributed by atoms with Gasteiger partial charge in [-0.15, -0.1) is 0 Å². The van der Waals surface area contributed by atoms with E-state index in [4.69, 9.17) is 4.74 Å². The van der Waals surface area contributed by atoms with Gasteiger partial charge in [0, 0.05) is 25.0 Å². The molecule has 0 radical (unpaired) electrons. The van der Waals surface area contributed by atoms with E-state index in [0.29, 0.717) is 6.54 Å². The van der Waals surface area contributed by atoms with E-state index in [1.54, 1.807) is 13.3 Å². The van der Waals surface area contributed by atoms with Crippen LogP contribution in [0.1, 0.15) is 24.1 Å². The maximum absolute atomic E-state index is 12.1. The molecule has 1 aromatic carbocycles. The molecule has 1 aliphatic rings. The molecule has 2 aromatic rings. The number of aryl methyl sites for hydroxylation is 1. The fraction of sp³-hybridized carbons (Fsp3) is 0.389. The molecule has 0 saturated carbocycles. The number of hydrogen-bond acceptors (Lipinski definition) is 5. The zero-order valence-corrected chi connectivity index (χ0v) is 14.6. The molecule has 0 atom stereocenters. The number of nitrogens with zero attached hydrogens (tertiary/aromatic N) is 3. The summed E-state index contributed by atoms with van der Waals surface area (Å²) >= 11 is 0. The lowest BCUT2D eigenvalue weighted by molar-refractivity contribution is 0.251. The second-order valence-corrected chi connectivity index (χ2v) is 6.03. The average Bonchev–Trinajstić information content (AvgIpc) is 3.17. The number of methoxy groups -OCH3 is 1. The number of anilines is 2. The molecular formula is C18H23N5O2. The third-order valence-electron chi connectivity index (χ3n) is 4.20. The number of aromatic nitrogens is 2. The summed E-state index contributed by atoms with van der Waals surface area (Å²) in [7, 11) is 1.62. The lowest BCUT2D eigenvalue weighted by Crippen LogP contribution is -2.29. The molecular weight excluding hydrogens is 318 g/mol. The fourth-order valence-electron chi connectivity index (χ4n) is 2.79. The summed E-state index contributed by atoms with van der Waals surface area (Å²) in [5.74, 6) is 1.50. The fourth-order valence-corrected chi connectivity index (χ4v) is 2.79. The van der Waals surface area contributed by atoms with Gasteiger partial charge >= 0.3 is 6.03 Å². The van der Waals surface area contributed by atoms with Gasteiger partial charge in [-0.3, -0.25) is 0 Å². The molecule has 0 aliphatic carbocycles. The van der Waals surface area contributed by atoms with Crippen LogP contribution in [0.4, 0.5) is 16.4 Å². The highest BCUT2D eigenvalue weighted by Gasteiger charge is 2.15. The minimum atomic E-state index is -0.269. The highest BCUT2D eigenvalue weighted by atomic mass is 16.5. The van der Waals surface area contributed by atoms with Crippen LogP contribution in [-0.4, -0.2) is 36.2 Å². The smallest absolute Gasteiger partial charge is 0.319 e. The summed E-state index contributed by atoms with van der Waals surface area (Å²) in [5, 5.41) is 5.67. The van der Waals surface area contributed by atoms with Crippen LogP contribution in [0.5, 0.6) is 5.75 Å².